The number of aryl methyl sites for hydroxylation is 2. The lowest BCUT2D eigenvalue weighted by molar-refractivity contribution is 0.000368. The van der Waals surface area contributed by atoms with Gasteiger partial charge in [0.15, 0.2) is 21.2 Å². The summed E-state index contributed by atoms with van der Waals surface area (Å²) in [5.74, 6) is 5.21. The molecule has 0 radical (unpaired) electrons. The number of carbonyl (C=O) groups is 3. The molecule has 137 heavy (non-hydrogen) atoms. The van der Waals surface area contributed by atoms with Crippen LogP contribution in [0.2, 0.25) is 10.0 Å². The molecule has 3 amide bonds. The molecule has 6 aromatic carbocycles. The lowest BCUT2D eigenvalue weighted by atomic mass is 9.58. The van der Waals surface area contributed by atoms with Gasteiger partial charge in [-0.3, -0.25) is 4.68 Å². The van der Waals surface area contributed by atoms with Crippen LogP contribution in [0, 0.1) is 72.2 Å². The summed E-state index contributed by atoms with van der Waals surface area (Å²) in [5.41, 5.74) is 7.37. The van der Waals surface area contributed by atoms with Gasteiger partial charge in [0.2, 0.25) is 0 Å². The molecule has 10 fully saturated rings. The summed E-state index contributed by atoms with van der Waals surface area (Å²) in [6.45, 7) is 36.5. The molecule has 3 aromatic heterocycles. The van der Waals surface area contributed by atoms with Crippen molar-refractivity contribution in [2.75, 3.05) is 134 Å². The molecule has 19 rings (SSSR count). The number of aromatic nitrogens is 6. The molecule has 9 atom stereocenters. The van der Waals surface area contributed by atoms with Gasteiger partial charge in [0.05, 0.1) is 29.8 Å². The van der Waals surface area contributed by atoms with Gasteiger partial charge in [-0.1, -0.05) is 97.7 Å². The van der Waals surface area contributed by atoms with Crippen LogP contribution in [-0.4, -0.2) is 213 Å². The molecule has 3 N–H and O–H groups in total. The van der Waals surface area contributed by atoms with Crippen LogP contribution >= 0.6 is 23.2 Å². The Morgan fingerprint density at radius 1 is 0.445 bits per heavy atom. The van der Waals surface area contributed by atoms with Crippen molar-refractivity contribution < 1.29 is 41.4 Å². The quantitative estimate of drug-likeness (QED) is 0.0271. The van der Waals surface area contributed by atoms with E-state index in [0.29, 0.717) is 52.4 Å². The number of halogens is 3. The Morgan fingerprint density at radius 3 is 1.13 bits per heavy atom. The third kappa shape index (κ3) is 22.1. The zero-order valence-electron chi connectivity index (χ0n) is 80.1. The summed E-state index contributed by atoms with van der Waals surface area (Å²) in [5, 5.41) is 13.9. The van der Waals surface area contributed by atoms with E-state index in [1.54, 1.807) is 45.5 Å². The van der Waals surface area contributed by atoms with Gasteiger partial charge in [0.25, 0.3) is 0 Å². The molecule has 0 spiro atoms. The van der Waals surface area contributed by atoms with Crippen LogP contribution < -0.4 is 30.7 Å². The van der Waals surface area contributed by atoms with Crippen LogP contribution in [0.1, 0.15) is 151 Å². The number of rotatable bonds is 31. The first-order valence-electron chi connectivity index (χ1n) is 50.2. The first-order chi connectivity index (χ1) is 66.6. The van der Waals surface area contributed by atoms with Crippen LogP contribution in [0.5, 0.6) is 0 Å². The number of hydrogen-bond acceptors (Lipinski definition) is 17. The van der Waals surface area contributed by atoms with Crippen molar-refractivity contribution in [2.24, 2.45) is 53.3 Å². The number of nitrogens with one attached hydrogen (secondary N) is 3. The number of benzene rings is 6. The highest BCUT2D eigenvalue weighted by molar-refractivity contribution is 7.92. The second-order valence-electron chi connectivity index (χ2n) is 40.2. The topological polar surface area (TPSA) is 231 Å². The predicted molar refractivity (Wildman–Crippen MR) is 536 cm³/mol. The van der Waals surface area contributed by atoms with Crippen LogP contribution in [0.4, 0.5) is 47.2 Å². The van der Waals surface area contributed by atoms with Crippen molar-refractivity contribution in [2.45, 2.75) is 200 Å². The Bertz CT molecular complexity index is 5490. The zero-order valence-corrected chi connectivity index (χ0v) is 82.5. The number of ether oxygens (including phenoxy) is 3. The molecule has 9 heterocycles. The first-order valence-corrected chi connectivity index (χ1v) is 52.5. The average Bonchev–Trinajstić information content (AvgIpc) is 1.70. The van der Waals surface area contributed by atoms with Gasteiger partial charge in [-0.2, -0.15) is 5.10 Å². The van der Waals surface area contributed by atoms with E-state index in [2.05, 4.69) is 162 Å². The van der Waals surface area contributed by atoms with Crippen LogP contribution in [0.15, 0.2) is 194 Å². The summed E-state index contributed by atoms with van der Waals surface area (Å²) in [6, 6.07) is 49.3. The summed E-state index contributed by atoms with van der Waals surface area (Å²) >= 11 is 13.4. The van der Waals surface area contributed by atoms with Crippen LogP contribution in [0.25, 0.3) is 9.69 Å². The third-order valence-electron chi connectivity index (χ3n) is 32.4. The molecule has 6 saturated heterocycles. The van der Waals surface area contributed by atoms with E-state index >= 15 is 0 Å². The van der Waals surface area contributed by atoms with Crippen molar-refractivity contribution in [3.8, 4) is 0 Å². The van der Waals surface area contributed by atoms with E-state index < -0.39 is 21.3 Å². The lowest BCUT2D eigenvalue weighted by Crippen LogP contribution is -2.55. The van der Waals surface area contributed by atoms with Crippen LogP contribution in [-0.2, 0) is 72.8 Å². The number of anilines is 3. The van der Waals surface area contributed by atoms with E-state index in [-0.39, 0.29) is 76.1 Å². The van der Waals surface area contributed by atoms with Crippen LogP contribution in [0.3, 0.4) is 0 Å². The van der Waals surface area contributed by atoms with E-state index in [1.165, 1.54) is 28.6 Å². The maximum Gasteiger partial charge on any atom is 0.407 e. The van der Waals surface area contributed by atoms with Gasteiger partial charge < -0.3 is 68.7 Å². The van der Waals surface area contributed by atoms with Gasteiger partial charge in [-0.05, 0) is 274 Å². The monoisotopic (exact) mass is 1920 g/mol. The molecule has 0 bridgehead atoms. The highest BCUT2D eigenvalue weighted by Gasteiger charge is 2.58. The molecule has 29 heteroatoms. The number of piperidine rings is 3. The maximum absolute atomic E-state index is 14.9. The predicted octanol–water partition coefficient (Wildman–Crippen LogP) is 19.2. The Labute approximate surface area is 818 Å². The molecule has 25 nitrogen and oxygen atoms in total. The molecular formula is C108H136Cl2FN17O8S. The molecule has 4 saturated carbocycles. The SMILES string of the molecule is CNC(=O)O[C@H]1CCC[C@@H]1C(Cn1cccn1)(c1cccc(F)c1)C1CCN(CC2CN(c3ccc(S(=O)(=O)C4CC4)cc3)C2)CC1.[C-]#[N+]c1ccc(N2CC(CN3CCC(C(Cn4ccnc4CC)(c4cccc(Cl)c4)[C@H]4CCC[C@@H]4OC(=O)NC)CC3)C2)cc1.[C-]#[N+]c1ccc(N2CC(CN3CCC(C(Cn4ccnc4CC)(c4cccc(Cl)c4)[C@H]4CCC[C@@H]4OC(=O)NC)CC3)C2)cc1. The second-order valence-corrected chi connectivity index (χ2v) is 43.3. The number of nitrogens with zero attached hydrogens (tertiary/aromatic N) is 14. The summed E-state index contributed by atoms with van der Waals surface area (Å²) in [7, 11) is 1.70. The van der Waals surface area contributed by atoms with E-state index in [4.69, 9.17) is 60.5 Å². The zero-order chi connectivity index (χ0) is 95.4. The average molecular weight is 1920 g/mol. The fourth-order valence-electron chi connectivity index (χ4n) is 25.6. The molecule has 6 aliphatic heterocycles. The first kappa shape index (κ1) is 98.1. The summed E-state index contributed by atoms with van der Waals surface area (Å²) in [6.07, 6.45) is 28.2. The van der Waals surface area contributed by atoms with E-state index in [9.17, 15) is 27.2 Å². The van der Waals surface area contributed by atoms with E-state index in [1.807, 2.05) is 83.9 Å². The molecule has 728 valence electrons. The minimum atomic E-state index is -3.17. The van der Waals surface area contributed by atoms with Crippen molar-refractivity contribution >= 4 is 79.8 Å². The highest BCUT2D eigenvalue weighted by Crippen LogP contribution is 2.57. The standard InChI is InChI=1S/2C36H45ClN6O2.C36H46FN5O4S/c2*1-4-34-40-17-20-42(34)25-36(28-7-5-8-29(37)21-28,32-9-6-10-33(32)45-35(44)39-3)27-15-18-41(19-16-27)22-26-23-43(24-26)31-13-11-30(38-2)12-14-31;1-38-35(43)46-34-8-3-7-33(34)36(25-42-18-4-17-39-42,28-5-2-6-29(37)21-28)27-15-19-40(20-16-27)22-26-23-41(24-26)30-9-11-31(12-10-30)47(44,45)32-13-14-32/h2*5,7-8,11-14,17,20-21,26-27,32-33H,4,6,9-10,15-16,18-19,22-25H2,1,3H3,(H,39,44);2,4-6,9-12,17-18,21,26-27,32-34H,3,7-8,13-16,19-20,22-25H2,1H3,(H,38,43)/t2*32-,33-,36?;33-,34-,36?/m000/s1. The Balaban J connectivity index is 0.000000142. The number of carbonyl (C=O) groups excluding carboxylic acids is 3. The smallest absolute Gasteiger partial charge is 0.407 e. The number of imidazole rings is 2. The van der Waals surface area contributed by atoms with E-state index in [0.717, 1.165) is 266 Å². The molecule has 10 aliphatic rings. The number of likely N-dealkylation sites (tertiary alicyclic amines) is 3. The van der Waals surface area contributed by atoms with Gasteiger partial charge >= 0.3 is 18.3 Å². The fourth-order valence-corrected chi connectivity index (χ4v) is 27.6. The Kier molecular flexibility index (Phi) is 31.7. The minimum absolute atomic E-state index is 0.0354. The van der Waals surface area contributed by atoms with Crippen molar-refractivity contribution in [1.29, 1.82) is 0 Å². The summed E-state index contributed by atoms with van der Waals surface area (Å²) in [4.78, 5) is 69.5. The third-order valence-corrected chi connectivity index (χ3v) is 35.2. The number of amides is 3. The lowest BCUT2D eigenvalue weighted by Gasteiger charge is -2.51. The van der Waals surface area contributed by atoms with Gasteiger partial charge in [-0.15, -0.1) is 0 Å². The minimum Gasteiger partial charge on any atom is -0.446 e. The number of alkyl carbamates (subject to hydrolysis) is 3. The molecular weight excluding hydrogens is 1790 g/mol. The fraction of sp³-hybridized carbons (Fsp3) is 0.537. The Hall–Kier alpha value is -10.5. The van der Waals surface area contributed by atoms with Gasteiger partial charge in [0.1, 0.15) is 35.8 Å². The second kappa shape index (κ2) is 44.3. The highest BCUT2D eigenvalue weighted by atomic mass is 35.5. The molecule has 3 unspecified atom stereocenters. The number of hydrogen-bond donors (Lipinski definition) is 3. The van der Waals surface area contributed by atoms with Gasteiger partial charge in [0, 0.05) is 222 Å². The molecule has 4 aliphatic carbocycles. The maximum atomic E-state index is 14.9. The van der Waals surface area contributed by atoms with Crippen molar-refractivity contribution in [3.05, 3.63) is 256 Å². The van der Waals surface area contributed by atoms with Crippen molar-refractivity contribution in [3.63, 3.8) is 0 Å². The number of sulfone groups is 1. The Morgan fingerprint density at radius 2 is 0.803 bits per heavy atom. The molecule has 9 aromatic rings. The van der Waals surface area contributed by atoms with Gasteiger partial charge in [-0.25, -0.2) is 46.8 Å². The summed E-state index contributed by atoms with van der Waals surface area (Å²) < 4.78 is 65.0. The normalized spacial score (nSPS) is 23.0. The van der Waals surface area contributed by atoms with Crippen molar-refractivity contribution in [1.82, 2.24) is 59.5 Å². The largest absolute Gasteiger partial charge is 0.446 e.